The number of nitrogens with one attached hydrogen (secondary N) is 1. The van der Waals surface area contributed by atoms with Crippen LogP contribution in [0, 0.1) is 0 Å². The molecule has 0 spiro atoms. The van der Waals surface area contributed by atoms with E-state index in [4.69, 9.17) is 4.74 Å². The molecule has 4 nitrogen and oxygen atoms in total. The molecule has 0 bridgehead atoms. The van der Waals surface area contributed by atoms with Gasteiger partial charge in [-0.05, 0) is 61.3 Å². The van der Waals surface area contributed by atoms with E-state index in [9.17, 15) is 4.79 Å². The molecule has 1 amide bonds. The Labute approximate surface area is 149 Å². The van der Waals surface area contributed by atoms with E-state index in [0.717, 1.165) is 17.8 Å². The highest BCUT2D eigenvalue weighted by Gasteiger charge is 2.11. The number of benzene rings is 2. The van der Waals surface area contributed by atoms with Gasteiger partial charge >= 0.3 is 0 Å². The van der Waals surface area contributed by atoms with Crippen LogP contribution in [0.2, 0.25) is 0 Å². The van der Waals surface area contributed by atoms with Crippen molar-refractivity contribution in [3.63, 3.8) is 0 Å². The fourth-order valence-corrected chi connectivity index (χ4v) is 3.25. The Balaban J connectivity index is 1.59. The van der Waals surface area contributed by atoms with Gasteiger partial charge in [0.05, 0.1) is 6.61 Å². The molecule has 25 heavy (non-hydrogen) atoms. The lowest BCUT2D eigenvalue weighted by Gasteiger charge is -2.26. The van der Waals surface area contributed by atoms with E-state index in [-0.39, 0.29) is 5.91 Å². The SMILES string of the molecule is COCc1cccc(NC(=O)c2ccc(CN3CCCCC3)cc2)c1. The monoisotopic (exact) mass is 338 g/mol. The molecule has 132 valence electrons. The Morgan fingerprint density at radius 2 is 1.80 bits per heavy atom. The van der Waals surface area contributed by atoms with Crippen molar-refractivity contribution in [3.8, 4) is 0 Å². The third kappa shape index (κ3) is 5.15. The average molecular weight is 338 g/mol. The van der Waals surface area contributed by atoms with Gasteiger partial charge in [-0.1, -0.05) is 30.7 Å². The van der Waals surface area contributed by atoms with Gasteiger partial charge in [0.2, 0.25) is 0 Å². The molecule has 1 aliphatic rings. The molecular weight excluding hydrogens is 312 g/mol. The first-order valence-electron chi connectivity index (χ1n) is 8.95. The van der Waals surface area contributed by atoms with Gasteiger partial charge in [0, 0.05) is 24.9 Å². The molecule has 2 aromatic carbocycles. The minimum atomic E-state index is -0.0842. The highest BCUT2D eigenvalue weighted by molar-refractivity contribution is 6.04. The molecule has 0 unspecified atom stereocenters. The zero-order valence-electron chi connectivity index (χ0n) is 14.8. The molecule has 1 heterocycles. The minimum Gasteiger partial charge on any atom is -0.380 e. The van der Waals surface area contributed by atoms with Crippen molar-refractivity contribution in [1.29, 1.82) is 0 Å². The third-order valence-electron chi connectivity index (χ3n) is 4.57. The number of hydrogen-bond donors (Lipinski definition) is 1. The summed E-state index contributed by atoms with van der Waals surface area (Å²) < 4.78 is 5.13. The van der Waals surface area contributed by atoms with Crippen LogP contribution in [0.3, 0.4) is 0 Å². The number of ether oxygens (including phenoxy) is 1. The van der Waals surface area contributed by atoms with E-state index < -0.39 is 0 Å². The van der Waals surface area contributed by atoms with E-state index in [1.165, 1.54) is 37.9 Å². The Hall–Kier alpha value is -2.17. The number of anilines is 1. The smallest absolute Gasteiger partial charge is 0.255 e. The maximum atomic E-state index is 12.4. The summed E-state index contributed by atoms with van der Waals surface area (Å²) in [5, 5.41) is 2.95. The number of piperidine rings is 1. The van der Waals surface area contributed by atoms with Crippen LogP contribution in [0.4, 0.5) is 5.69 Å². The molecule has 2 aromatic rings. The molecule has 3 rings (SSSR count). The van der Waals surface area contributed by atoms with Gasteiger partial charge in [0.15, 0.2) is 0 Å². The average Bonchev–Trinajstić information content (AvgIpc) is 2.64. The van der Waals surface area contributed by atoms with Crippen molar-refractivity contribution in [1.82, 2.24) is 4.90 Å². The van der Waals surface area contributed by atoms with Crippen LogP contribution in [0.15, 0.2) is 48.5 Å². The van der Waals surface area contributed by atoms with Gasteiger partial charge in [-0.25, -0.2) is 0 Å². The van der Waals surface area contributed by atoms with E-state index in [0.29, 0.717) is 12.2 Å². The minimum absolute atomic E-state index is 0.0842. The van der Waals surface area contributed by atoms with E-state index in [2.05, 4.69) is 22.3 Å². The number of amides is 1. The third-order valence-corrected chi connectivity index (χ3v) is 4.57. The predicted octanol–water partition coefficient (Wildman–Crippen LogP) is 4.07. The maximum absolute atomic E-state index is 12.4. The van der Waals surface area contributed by atoms with Crippen molar-refractivity contribution in [2.75, 3.05) is 25.5 Å². The number of likely N-dealkylation sites (tertiary alicyclic amines) is 1. The summed E-state index contributed by atoms with van der Waals surface area (Å²) in [5.74, 6) is -0.0842. The standard InChI is InChI=1S/C21H26N2O2/c1-25-16-18-6-5-7-20(14-18)22-21(24)19-10-8-17(9-11-19)15-23-12-3-2-4-13-23/h5-11,14H,2-4,12-13,15-16H2,1H3,(H,22,24). The van der Waals surface area contributed by atoms with E-state index in [1.807, 2.05) is 36.4 Å². The fraction of sp³-hybridized carbons (Fsp3) is 0.381. The second-order valence-electron chi connectivity index (χ2n) is 6.62. The first-order valence-corrected chi connectivity index (χ1v) is 8.95. The number of rotatable bonds is 6. The predicted molar refractivity (Wildman–Crippen MR) is 101 cm³/mol. The number of hydrogen-bond acceptors (Lipinski definition) is 3. The van der Waals surface area contributed by atoms with Gasteiger partial charge < -0.3 is 10.1 Å². The molecule has 0 radical (unpaired) electrons. The molecule has 0 aliphatic carbocycles. The highest BCUT2D eigenvalue weighted by atomic mass is 16.5. The summed E-state index contributed by atoms with van der Waals surface area (Å²) in [6.45, 7) is 3.87. The molecule has 0 saturated carbocycles. The van der Waals surface area contributed by atoms with Crippen LogP contribution in [0.1, 0.15) is 40.7 Å². The Morgan fingerprint density at radius 1 is 1.04 bits per heavy atom. The van der Waals surface area contributed by atoms with Crippen molar-refractivity contribution in [2.45, 2.75) is 32.4 Å². The molecule has 1 saturated heterocycles. The van der Waals surface area contributed by atoms with Crippen LogP contribution in [-0.2, 0) is 17.9 Å². The van der Waals surface area contributed by atoms with Gasteiger partial charge in [-0.2, -0.15) is 0 Å². The molecule has 1 aliphatic heterocycles. The van der Waals surface area contributed by atoms with Crippen LogP contribution in [0.5, 0.6) is 0 Å². The summed E-state index contributed by atoms with van der Waals surface area (Å²) in [5.41, 5.74) is 3.77. The molecule has 0 aromatic heterocycles. The van der Waals surface area contributed by atoms with Gasteiger partial charge in [0.1, 0.15) is 0 Å². The normalized spacial score (nSPS) is 15.1. The Kier molecular flexibility index (Phi) is 6.20. The second kappa shape index (κ2) is 8.79. The van der Waals surface area contributed by atoms with Crippen LogP contribution in [0.25, 0.3) is 0 Å². The van der Waals surface area contributed by atoms with Crippen LogP contribution < -0.4 is 5.32 Å². The summed E-state index contributed by atoms with van der Waals surface area (Å²) in [6.07, 6.45) is 3.94. The molecule has 1 fully saturated rings. The fourth-order valence-electron chi connectivity index (χ4n) is 3.25. The first kappa shape index (κ1) is 17.6. The van der Waals surface area contributed by atoms with Crippen molar-refractivity contribution >= 4 is 11.6 Å². The van der Waals surface area contributed by atoms with Gasteiger partial charge in [0.25, 0.3) is 5.91 Å². The van der Waals surface area contributed by atoms with E-state index in [1.54, 1.807) is 7.11 Å². The van der Waals surface area contributed by atoms with Gasteiger partial charge in [-0.15, -0.1) is 0 Å². The largest absolute Gasteiger partial charge is 0.380 e. The van der Waals surface area contributed by atoms with E-state index >= 15 is 0 Å². The molecular formula is C21H26N2O2. The highest BCUT2D eigenvalue weighted by Crippen LogP contribution is 2.16. The zero-order valence-corrected chi connectivity index (χ0v) is 14.8. The maximum Gasteiger partial charge on any atom is 0.255 e. The van der Waals surface area contributed by atoms with Crippen LogP contribution in [-0.4, -0.2) is 31.0 Å². The molecule has 4 heteroatoms. The van der Waals surface area contributed by atoms with Gasteiger partial charge in [-0.3, -0.25) is 9.69 Å². The lowest BCUT2D eigenvalue weighted by Crippen LogP contribution is -2.29. The lowest BCUT2D eigenvalue weighted by molar-refractivity contribution is 0.102. The first-order chi connectivity index (χ1) is 12.2. The number of carbonyl (C=O) groups is 1. The van der Waals surface area contributed by atoms with Crippen molar-refractivity contribution < 1.29 is 9.53 Å². The molecule has 1 N–H and O–H groups in total. The lowest BCUT2D eigenvalue weighted by atomic mass is 10.1. The van der Waals surface area contributed by atoms with Crippen molar-refractivity contribution in [2.24, 2.45) is 0 Å². The summed E-state index contributed by atoms with van der Waals surface area (Å²) in [6, 6.07) is 15.7. The summed E-state index contributed by atoms with van der Waals surface area (Å²) in [7, 11) is 1.66. The van der Waals surface area contributed by atoms with Crippen LogP contribution >= 0.6 is 0 Å². The number of carbonyl (C=O) groups excluding carboxylic acids is 1. The summed E-state index contributed by atoms with van der Waals surface area (Å²) in [4.78, 5) is 14.9. The Bertz CT molecular complexity index is 691. The quantitative estimate of drug-likeness (QED) is 0.863. The van der Waals surface area contributed by atoms with Crippen molar-refractivity contribution in [3.05, 3.63) is 65.2 Å². The summed E-state index contributed by atoms with van der Waals surface area (Å²) >= 11 is 0. The number of nitrogens with zero attached hydrogens (tertiary/aromatic N) is 1. The molecule has 0 atom stereocenters. The number of methoxy groups -OCH3 is 1. The topological polar surface area (TPSA) is 41.6 Å². The zero-order chi connectivity index (χ0) is 17.5. The Morgan fingerprint density at radius 3 is 2.52 bits per heavy atom. The second-order valence-corrected chi connectivity index (χ2v) is 6.62.